The van der Waals surface area contributed by atoms with Crippen molar-refractivity contribution in [2.24, 2.45) is 4.99 Å². The molecule has 4 heteroatoms. The molecule has 1 saturated carbocycles. The smallest absolute Gasteiger partial charge is 0.235 e. The van der Waals surface area contributed by atoms with Crippen LogP contribution in [0, 0.1) is 0 Å². The number of phenolic OH excluding ortho intramolecular Hbond substituents is 1. The number of phenols is 1. The number of benzene rings is 1. The Bertz CT molecular complexity index is 515. The van der Waals surface area contributed by atoms with Crippen molar-refractivity contribution < 1.29 is 9.90 Å². The Hall–Kier alpha value is -1.31. The van der Waals surface area contributed by atoms with Crippen molar-refractivity contribution in [2.45, 2.75) is 44.6 Å². The molecular weight excluding hydrogens is 250 g/mol. The van der Waals surface area contributed by atoms with Crippen LogP contribution in [-0.2, 0) is 10.3 Å². The van der Waals surface area contributed by atoms with Gasteiger partial charge in [-0.05, 0) is 42.9 Å². The van der Waals surface area contributed by atoms with Gasteiger partial charge in [0, 0.05) is 10.6 Å². The summed E-state index contributed by atoms with van der Waals surface area (Å²) in [5.74, 6) is 0.408. The summed E-state index contributed by atoms with van der Waals surface area (Å²) in [6.07, 6.45) is 4.12. The lowest BCUT2D eigenvalue weighted by molar-refractivity contribution is 0.248. The highest BCUT2D eigenvalue weighted by Gasteiger charge is 2.41. The number of carbonyl (C=O) groups excluding carboxylic acids is 1. The summed E-state index contributed by atoms with van der Waals surface area (Å²) in [6.45, 7) is 4.03. The molecule has 0 bridgehead atoms. The van der Waals surface area contributed by atoms with Crippen LogP contribution in [-0.4, -0.2) is 11.2 Å². The average molecular weight is 266 g/mol. The summed E-state index contributed by atoms with van der Waals surface area (Å²) in [4.78, 5) is 14.4. The van der Waals surface area contributed by atoms with E-state index in [1.807, 2.05) is 13.8 Å². The monoisotopic (exact) mass is 265 g/mol. The van der Waals surface area contributed by atoms with E-state index in [1.165, 1.54) is 0 Å². The van der Waals surface area contributed by atoms with Crippen molar-refractivity contribution in [3.8, 4) is 5.75 Å². The second kappa shape index (κ2) is 4.75. The number of aromatic hydroxyl groups is 1. The molecule has 0 aromatic heterocycles. The Labute approximate surface area is 111 Å². The van der Waals surface area contributed by atoms with Crippen LogP contribution < -0.4 is 0 Å². The van der Waals surface area contributed by atoms with Crippen molar-refractivity contribution in [1.82, 2.24) is 0 Å². The lowest BCUT2D eigenvalue weighted by Crippen LogP contribution is -2.32. The molecule has 1 aromatic rings. The second-order valence-electron chi connectivity index (χ2n) is 5.13. The van der Waals surface area contributed by atoms with E-state index in [2.05, 4.69) is 4.99 Å². The molecule has 1 N–H and O–H groups in total. The van der Waals surface area contributed by atoms with E-state index in [1.54, 1.807) is 18.2 Å². The van der Waals surface area contributed by atoms with Crippen molar-refractivity contribution in [1.29, 1.82) is 0 Å². The van der Waals surface area contributed by atoms with E-state index < -0.39 is 5.54 Å². The van der Waals surface area contributed by atoms with E-state index in [4.69, 9.17) is 11.6 Å². The molecule has 1 fully saturated rings. The highest BCUT2D eigenvalue weighted by atomic mass is 35.5. The number of rotatable bonds is 3. The molecule has 0 spiro atoms. The zero-order chi connectivity index (χ0) is 13.3. The summed E-state index contributed by atoms with van der Waals surface area (Å²) in [7, 11) is 0. The standard InChI is InChI=1S/C14H16ClNO2/c1-9(2)10-6-13(18)11(7-12(10)15)14(16-8-17)4-3-5-14/h6-7,9,18H,3-5H2,1-2H3. The lowest BCUT2D eigenvalue weighted by atomic mass is 9.71. The minimum Gasteiger partial charge on any atom is -0.508 e. The third kappa shape index (κ3) is 2.05. The molecule has 0 atom stereocenters. The van der Waals surface area contributed by atoms with Crippen LogP contribution in [0.2, 0.25) is 5.02 Å². The van der Waals surface area contributed by atoms with Crippen molar-refractivity contribution in [3.05, 3.63) is 28.3 Å². The molecule has 2 rings (SSSR count). The van der Waals surface area contributed by atoms with E-state index in [0.717, 1.165) is 24.8 Å². The number of isocyanates is 1. The van der Waals surface area contributed by atoms with E-state index in [9.17, 15) is 9.90 Å². The maximum atomic E-state index is 10.6. The van der Waals surface area contributed by atoms with Crippen molar-refractivity contribution in [2.75, 3.05) is 0 Å². The molecule has 1 aliphatic rings. The molecule has 0 unspecified atom stereocenters. The molecule has 0 heterocycles. The molecule has 18 heavy (non-hydrogen) atoms. The fourth-order valence-corrected chi connectivity index (χ4v) is 2.82. The minimum atomic E-state index is -0.606. The molecule has 1 aromatic carbocycles. The van der Waals surface area contributed by atoms with Crippen molar-refractivity contribution in [3.63, 3.8) is 0 Å². The summed E-state index contributed by atoms with van der Waals surface area (Å²) in [5.41, 5.74) is 0.944. The van der Waals surface area contributed by atoms with Crippen molar-refractivity contribution >= 4 is 17.7 Å². The molecular formula is C14H16ClNO2. The first-order chi connectivity index (χ1) is 8.50. The Morgan fingerprint density at radius 3 is 2.56 bits per heavy atom. The molecule has 0 radical (unpaired) electrons. The van der Waals surface area contributed by atoms with E-state index >= 15 is 0 Å². The average Bonchev–Trinajstić information content (AvgIpc) is 2.26. The van der Waals surface area contributed by atoms with Gasteiger partial charge in [-0.2, -0.15) is 4.99 Å². The molecule has 0 saturated heterocycles. The van der Waals surface area contributed by atoms with Gasteiger partial charge in [0.15, 0.2) is 0 Å². The third-order valence-corrected chi connectivity index (χ3v) is 4.01. The van der Waals surface area contributed by atoms with Gasteiger partial charge in [-0.1, -0.05) is 25.4 Å². The Balaban J connectivity index is 2.52. The van der Waals surface area contributed by atoms with Crippen LogP contribution in [0.4, 0.5) is 0 Å². The number of aliphatic imine (C=N–C) groups is 1. The number of hydrogen-bond acceptors (Lipinski definition) is 3. The Morgan fingerprint density at radius 1 is 1.44 bits per heavy atom. The third-order valence-electron chi connectivity index (χ3n) is 3.68. The highest BCUT2D eigenvalue weighted by molar-refractivity contribution is 6.31. The van der Waals surface area contributed by atoms with Gasteiger partial charge in [0.2, 0.25) is 6.08 Å². The summed E-state index contributed by atoms with van der Waals surface area (Å²) < 4.78 is 0. The van der Waals surface area contributed by atoms with Crippen LogP contribution in [0.1, 0.15) is 50.2 Å². The number of halogens is 1. The van der Waals surface area contributed by atoms with Gasteiger partial charge in [0.25, 0.3) is 0 Å². The molecule has 1 aliphatic carbocycles. The van der Waals surface area contributed by atoms with E-state index in [0.29, 0.717) is 10.6 Å². The zero-order valence-corrected chi connectivity index (χ0v) is 11.3. The molecule has 3 nitrogen and oxygen atoms in total. The second-order valence-corrected chi connectivity index (χ2v) is 5.54. The first-order valence-electron chi connectivity index (χ1n) is 6.12. The first-order valence-corrected chi connectivity index (χ1v) is 6.50. The predicted octanol–water partition coefficient (Wildman–Crippen LogP) is 3.88. The Kier molecular flexibility index (Phi) is 3.47. The van der Waals surface area contributed by atoms with Gasteiger partial charge in [-0.15, -0.1) is 0 Å². The lowest BCUT2D eigenvalue weighted by Gasteiger charge is -2.37. The van der Waals surface area contributed by atoms with Crippen LogP contribution in [0.15, 0.2) is 17.1 Å². The van der Waals surface area contributed by atoms with Gasteiger partial charge in [-0.25, -0.2) is 4.79 Å². The Morgan fingerprint density at radius 2 is 2.11 bits per heavy atom. The normalized spacial score (nSPS) is 17.1. The molecule has 0 amide bonds. The zero-order valence-electron chi connectivity index (χ0n) is 10.5. The van der Waals surface area contributed by atoms with Gasteiger partial charge < -0.3 is 5.11 Å². The number of nitrogens with zero attached hydrogens (tertiary/aromatic N) is 1. The van der Waals surface area contributed by atoms with Crippen LogP contribution >= 0.6 is 11.6 Å². The van der Waals surface area contributed by atoms with Gasteiger partial charge in [-0.3, -0.25) is 0 Å². The van der Waals surface area contributed by atoms with Crippen LogP contribution in [0.3, 0.4) is 0 Å². The maximum absolute atomic E-state index is 10.6. The fourth-order valence-electron chi connectivity index (χ4n) is 2.43. The molecule has 96 valence electrons. The topological polar surface area (TPSA) is 49.7 Å². The minimum absolute atomic E-state index is 0.168. The fraction of sp³-hybridized carbons (Fsp3) is 0.500. The number of hydrogen-bond donors (Lipinski definition) is 1. The van der Waals surface area contributed by atoms with Crippen LogP contribution in [0.25, 0.3) is 0 Å². The predicted molar refractivity (Wildman–Crippen MR) is 70.9 cm³/mol. The maximum Gasteiger partial charge on any atom is 0.235 e. The molecule has 0 aliphatic heterocycles. The van der Waals surface area contributed by atoms with Crippen LogP contribution in [0.5, 0.6) is 5.75 Å². The SMILES string of the molecule is CC(C)c1cc(O)c(C2(N=C=O)CCC2)cc1Cl. The summed E-state index contributed by atoms with van der Waals surface area (Å²) in [5, 5.41) is 10.8. The van der Waals surface area contributed by atoms with Gasteiger partial charge >= 0.3 is 0 Å². The van der Waals surface area contributed by atoms with Gasteiger partial charge in [0.05, 0.1) is 0 Å². The highest BCUT2D eigenvalue weighted by Crippen LogP contribution is 2.49. The first kappa shape index (κ1) is 13.1. The summed E-state index contributed by atoms with van der Waals surface area (Å²) >= 11 is 6.23. The van der Waals surface area contributed by atoms with Gasteiger partial charge in [0.1, 0.15) is 11.3 Å². The quantitative estimate of drug-likeness (QED) is 0.666. The summed E-state index contributed by atoms with van der Waals surface area (Å²) in [6, 6.07) is 3.43. The van der Waals surface area contributed by atoms with E-state index in [-0.39, 0.29) is 11.7 Å². The largest absolute Gasteiger partial charge is 0.508 e.